The minimum atomic E-state index is -0.848. The van der Waals surface area contributed by atoms with Crippen molar-refractivity contribution in [1.82, 2.24) is 5.32 Å². The molecule has 2 aliphatic rings. The van der Waals surface area contributed by atoms with Gasteiger partial charge in [-0.1, -0.05) is 30.0 Å². The van der Waals surface area contributed by atoms with E-state index in [1.54, 1.807) is 52.1 Å². The minimum Gasteiger partial charge on any atom is -0.497 e. The molecule has 0 bridgehead atoms. The molecule has 0 spiro atoms. The van der Waals surface area contributed by atoms with Gasteiger partial charge >= 0.3 is 11.9 Å². The number of allylic oxidation sites excluding steroid dienone is 3. The van der Waals surface area contributed by atoms with Crippen LogP contribution in [-0.4, -0.2) is 38.0 Å². The fourth-order valence-corrected chi connectivity index (χ4v) is 6.75. The van der Waals surface area contributed by atoms with Gasteiger partial charge in [-0.3, -0.25) is 0 Å². The van der Waals surface area contributed by atoms with Gasteiger partial charge in [-0.25, -0.2) is 9.59 Å². The van der Waals surface area contributed by atoms with Crippen LogP contribution in [0.15, 0.2) is 86.4 Å². The topological polar surface area (TPSA) is 157 Å². The van der Waals surface area contributed by atoms with Crippen molar-refractivity contribution in [2.75, 3.05) is 26.1 Å². The van der Waals surface area contributed by atoms with E-state index in [1.807, 2.05) is 17.5 Å². The first-order valence-corrected chi connectivity index (χ1v) is 15.2. The van der Waals surface area contributed by atoms with Crippen LogP contribution >= 0.6 is 23.1 Å². The van der Waals surface area contributed by atoms with E-state index in [-0.39, 0.29) is 41.8 Å². The van der Waals surface area contributed by atoms with E-state index < -0.39 is 23.8 Å². The van der Waals surface area contributed by atoms with Crippen molar-refractivity contribution in [2.24, 2.45) is 5.73 Å². The molecule has 10 nitrogen and oxygen atoms in total. The molecule has 0 amide bonds. The quantitative estimate of drug-likeness (QED) is 0.343. The third-order valence-corrected chi connectivity index (χ3v) is 8.71. The highest BCUT2D eigenvalue weighted by molar-refractivity contribution is 8.03. The fourth-order valence-electron chi connectivity index (χ4n) is 4.87. The molecule has 0 saturated carbocycles. The molecule has 0 saturated heterocycles. The Balaban J connectivity index is 1.78. The first kappa shape index (κ1) is 31.3. The summed E-state index contributed by atoms with van der Waals surface area (Å²) in [6.07, 6.45) is 0. The zero-order valence-electron chi connectivity index (χ0n) is 24.1. The van der Waals surface area contributed by atoms with Crippen LogP contribution in [0.2, 0.25) is 0 Å². The SMILES string of the molecule is CCOC(=O)C1=C(CSC2=C(C#N)C(c3cccs3)C(C(=O)OCC)=C(C)N2)OC(N)=C(C#N)C1c1ccc(OC)cc1. The lowest BCUT2D eigenvalue weighted by Crippen LogP contribution is -2.29. The highest BCUT2D eigenvalue weighted by atomic mass is 32.2. The van der Waals surface area contributed by atoms with Crippen LogP contribution in [0.3, 0.4) is 0 Å². The molecule has 43 heavy (non-hydrogen) atoms. The van der Waals surface area contributed by atoms with Crippen molar-refractivity contribution < 1.29 is 28.5 Å². The molecule has 1 aromatic carbocycles. The van der Waals surface area contributed by atoms with E-state index in [9.17, 15) is 20.1 Å². The molecule has 3 N–H and O–H groups in total. The second-order valence-corrected chi connectivity index (χ2v) is 11.2. The molecule has 2 atom stereocenters. The Morgan fingerprint density at radius 1 is 1.02 bits per heavy atom. The van der Waals surface area contributed by atoms with Gasteiger partial charge in [0.25, 0.3) is 0 Å². The summed E-state index contributed by atoms with van der Waals surface area (Å²) >= 11 is 2.64. The molecular weight excluding hydrogens is 588 g/mol. The average Bonchev–Trinajstić information content (AvgIpc) is 3.54. The van der Waals surface area contributed by atoms with Gasteiger partial charge in [0, 0.05) is 10.6 Å². The maximum Gasteiger partial charge on any atom is 0.338 e. The lowest BCUT2D eigenvalue weighted by atomic mass is 9.83. The Labute approximate surface area is 258 Å². The van der Waals surface area contributed by atoms with Crippen LogP contribution in [0.25, 0.3) is 0 Å². The Hall–Kier alpha value is -4.65. The Morgan fingerprint density at radius 2 is 1.67 bits per heavy atom. The predicted octanol–water partition coefficient (Wildman–Crippen LogP) is 5.07. The molecule has 3 heterocycles. The monoisotopic (exact) mass is 618 g/mol. The highest BCUT2D eigenvalue weighted by Crippen LogP contribution is 2.45. The fraction of sp³-hybridized carbons (Fsp3) is 0.290. The van der Waals surface area contributed by atoms with Crippen LogP contribution in [0, 0.1) is 22.7 Å². The summed E-state index contributed by atoms with van der Waals surface area (Å²) in [5.74, 6) is -1.91. The van der Waals surface area contributed by atoms with Crippen LogP contribution in [-0.2, 0) is 23.8 Å². The second-order valence-electron chi connectivity index (χ2n) is 9.23. The van der Waals surface area contributed by atoms with E-state index >= 15 is 0 Å². The number of benzene rings is 1. The molecule has 0 fully saturated rings. The number of carbonyl (C=O) groups is 2. The summed E-state index contributed by atoms with van der Waals surface area (Å²) in [4.78, 5) is 27.2. The van der Waals surface area contributed by atoms with Crippen LogP contribution in [0.1, 0.15) is 43.0 Å². The summed E-state index contributed by atoms with van der Waals surface area (Å²) in [6, 6.07) is 15.0. The van der Waals surface area contributed by atoms with Crippen molar-refractivity contribution in [3.63, 3.8) is 0 Å². The van der Waals surface area contributed by atoms with Crippen molar-refractivity contribution in [3.8, 4) is 17.9 Å². The predicted molar refractivity (Wildman–Crippen MR) is 162 cm³/mol. The number of ether oxygens (including phenoxy) is 4. The maximum atomic E-state index is 13.4. The van der Waals surface area contributed by atoms with Crippen LogP contribution < -0.4 is 15.8 Å². The number of nitriles is 2. The van der Waals surface area contributed by atoms with Gasteiger partial charge in [-0.2, -0.15) is 10.5 Å². The molecule has 2 unspecified atom stereocenters. The van der Waals surface area contributed by atoms with Gasteiger partial charge in [0.15, 0.2) is 0 Å². The Bertz CT molecular complexity index is 1610. The Kier molecular flexibility index (Phi) is 10.2. The smallest absolute Gasteiger partial charge is 0.338 e. The number of rotatable bonds is 10. The van der Waals surface area contributed by atoms with E-state index in [0.29, 0.717) is 33.2 Å². The van der Waals surface area contributed by atoms with Gasteiger partial charge in [-0.05, 0) is 49.9 Å². The average molecular weight is 619 g/mol. The highest BCUT2D eigenvalue weighted by Gasteiger charge is 2.39. The van der Waals surface area contributed by atoms with E-state index in [2.05, 4.69) is 17.5 Å². The number of hydrogen-bond donors (Lipinski definition) is 2. The lowest BCUT2D eigenvalue weighted by molar-refractivity contribution is -0.139. The number of nitrogens with two attached hydrogens (primary N) is 1. The largest absolute Gasteiger partial charge is 0.497 e. The zero-order chi connectivity index (χ0) is 31.1. The number of esters is 2. The zero-order valence-corrected chi connectivity index (χ0v) is 25.7. The number of dihydropyridines is 1. The van der Waals surface area contributed by atoms with Gasteiger partial charge in [0.1, 0.15) is 23.2 Å². The normalized spacial score (nSPS) is 18.4. The first-order chi connectivity index (χ1) is 20.8. The van der Waals surface area contributed by atoms with Gasteiger partial charge < -0.3 is 30.0 Å². The molecule has 2 aromatic rings. The standard InChI is InChI=1S/C31H30N4O6S2/c1-5-39-30(36)24-17(3)35-29(21(15-33)26(24)23-8-7-13-42-23)43-16-22-27(31(37)40-6-2)25(20(14-32)28(34)41-22)18-9-11-19(38-4)12-10-18/h7-13,25-26,35H,5-6,16,34H2,1-4H3. The van der Waals surface area contributed by atoms with Gasteiger partial charge in [-0.15, -0.1) is 11.3 Å². The van der Waals surface area contributed by atoms with Crippen LogP contribution in [0.4, 0.5) is 0 Å². The number of methoxy groups -OCH3 is 1. The number of nitrogens with one attached hydrogen (secondary N) is 1. The van der Waals surface area contributed by atoms with Gasteiger partial charge in [0.05, 0.1) is 65.7 Å². The van der Waals surface area contributed by atoms with E-state index in [0.717, 1.165) is 4.88 Å². The summed E-state index contributed by atoms with van der Waals surface area (Å²) in [5, 5.41) is 25.9. The number of thiophene rings is 1. The van der Waals surface area contributed by atoms with E-state index in [4.69, 9.17) is 24.7 Å². The Morgan fingerprint density at radius 3 is 2.23 bits per heavy atom. The van der Waals surface area contributed by atoms with Gasteiger partial charge in [0.2, 0.25) is 5.88 Å². The molecule has 2 aliphatic heterocycles. The maximum absolute atomic E-state index is 13.4. The molecule has 222 valence electrons. The second kappa shape index (κ2) is 14.0. The summed E-state index contributed by atoms with van der Waals surface area (Å²) in [5.41, 5.74) is 8.28. The van der Waals surface area contributed by atoms with Crippen molar-refractivity contribution in [2.45, 2.75) is 32.6 Å². The lowest BCUT2D eigenvalue weighted by Gasteiger charge is -2.30. The molecule has 0 aliphatic carbocycles. The summed E-state index contributed by atoms with van der Waals surface area (Å²) in [7, 11) is 1.54. The number of nitrogens with zero attached hydrogens (tertiary/aromatic N) is 2. The van der Waals surface area contributed by atoms with Crippen LogP contribution in [0.5, 0.6) is 5.75 Å². The summed E-state index contributed by atoms with van der Waals surface area (Å²) in [6.45, 7) is 5.46. The number of carbonyl (C=O) groups excluding carboxylic acids is 2. The molecule has 12 heteroatoms. The molecular formula is C31H30N4O6S2. The summed E-state index contributed by atoms with van der Waals surface area (Å²) < 4.78 is 21.9. The van der Waals surface area contributed by atoms with E-state index in [1.165, 1.54) is 23.1 Å². The molecule has 4 rings (SSSR count). The minimum absolute atomic E-state index is 0.0624. The molecule has 1 aromatic heterocycles. The van der Waals surface area contributed by atoms with Crippen molar-refractivity contribution in [3.05, 3.63) is 96.9 Å². The third-order valence-electron chi connectivity index (χ3n) is 6.76. The van der Waals surface area contributed by atoms with Crippen molar-refractivity contribution >= 4 is 35.0 Å². The number of hydrogen-bond acceptors (Lipinski definition) is 12. The first-order valence-electron chi connectivity index (χ1n) is 13.4. The molecule has 0 radical (unpaired) electrons. The third kappa shape index (κ3) is 6.41. The van der Waals surface area contributed by atoms with Crippen molar-refractivity contribution in [1.29, 1.82) is 10.5 Å². The number of thioether (sulfide) groups is 1.